The standard InChI is InChI=1S/C12H9N3/c1-9(8-13)10-4-6-11(7-5-10)12(14-2)15-3/h4-7,9,12H,1H3. The van der Waals surface area contributed by atoms with E-state index in [1.807, 2.05) is 6.92 Å². The minimum absolute atomic E-state index is 0.154. The van der Waals surface area contributed by atoms with Crippen LogP contribution in [-0.2, 0) is 0 Å². The molecule has 15 heavy (non-hydrogen) atoms. The highest BCUT2D eigenvalue weighted by molar-refractivity contribution is 5.31. The van der Waals surface area contributed by atoms with Gasteiger partial charge >= 0.3 is 6.17 Å². The van der Waals surface area contributed by atoms with Gasteiger partial charge in [-0.05, 0) is 24.6 Å². The van der Waals surface area contributed by atoms with Crippen molar-refractivity contribution in [1.82, 2.24) is 0 Å². The van der Waals surface area contributed by atoms with Gasteiger partial charge in [0.2, 0.25) is 0 Å². The van der Waals surface area contributed by atoms with Crippen LogP contribution in [0.15, 0.2) is 24.3 Å². The summed E-state index contributed by atoms with van der Waals surface area (Å²) in [6.45, 7) is 15.5. The summed E-state index contributed by atoms with van der Waals surface area (Å²) in [5, 5.41) is 8.71. The molecule has 0 aromatic heterocycles. The lowest BCUT2D eigenvalue weighted by molar-refractivity contribution is 0.973. The molecule has 72 valence electrons. The van der Waals surface area contributed by atoms with Crippen LogP contribution in [0.2, 0.25) is 0 Å². The highest BCUT2D eigenvalue weighted by Gasteiger charge is 2.18. The first-order chi connectivity index (χ1) is 7.22. The zero-order valence-corrected chi connectivity index (χ0v) is 8.31. The number of hydrogen-bond acceptors (Lipinski definition) is 1. The Morgan fingerprint density at radius 1 is 1.13 bits per heavy atom. The van der Waals surface area contributed by atoms with Crippen molar-refractivity contribution in [1.29, 1.82) is 5.26 Å². The molecule has 0 N–H and O–H groups in total. The van der Waals surface area contributed by atoms with E-state index in [1.165, 1.54) is 0 Å². The molecular weight excluding hydrogens is 186 g/mol. The van der Waals surface area contributed by atoms with Crippen molar-refractivity contribution in [3.8, 4) is 6.07 Å². The Hall–Kier alpha value is -2.31. The Morgan fingerprint density at radius 3 is 2.00 bits per heavy atom. The summed E-state index contributed by atoms with van der Waals surface area (Å²) in [5.74, 6) is -0.154. The van der Waals surface area contributed by atoms with E-state index in [2.05, 4.69) is 15.8 Å². The summed E-state index contributed by atoms with van der Waals surface area (Å²) >= 11 is 0. The maximum absolute atomic E-state index is 8.71. The lowest BCUT2D eigenvalue weighted by Gasteiger charge is -2.02. The zero-order chi connectivity index (χ0) is 11.3. The van der Waals surface area contributed by atoms with Crippen molar-refractivity contribution >= 4 is 0 Å². The van der Waals surface area contributed by atoms with E-state index in [0.29, 0.717) is 5.56 Å². The Morgan fingerprint density at radius 2 is 1.60 bits per heavy atom. The molecule has 0 radical (unpaired) electrons. The average molecular weight is 195 g/mol. The molecule has 1 rings (SSSR count). The Labute approximate surface area is 89.2 Å². The molecule has 3 nitrogen and oxygen atoms in total. The van der Waals surface area contributed by atoms with Gasteiger partial charge in [-0.1, -0.05) is 12.1 Å². The van der Waals surface area contributed by atoms with E-state index in [1.54, 1.807) is 24.3 Å². The van der Waals surface area contributed by atoms with Crippen LogP contribution in [0.25, 0.3) is 9.69 Å². The van der Waals surface area contributed by atoms with E-state index >= 15 is 0 Å². The molecule has 0 amide bonds. The minimum atomic E-state index is -0.753. The van der Waals surface area contributed by atoms with Crippen LogP contribution in [0.3, 0.4) is 0 Å². The summed E-state index contributed by atoms with van der Waals surface area (Å²) in [5.41, 5.74) is 1.60. The molecule has 1 aromatic rings. The third kappa shape index (κ3) is 2.33. The van der Waals surface area contributed by atoms with Gasteiger partial charge in [0.05, 0.1) is 12.0 Å². The molecule has 0 bridgehead atoms. The molecule has 3 heteroatoms. The fourth-order valence-electron chi connectivity index (χ4n) is 1.21. The van der Waals surface area contributed by atoms with Crippen LogP contribution in [0.1, 0.15) is 30.1 Å². The van der Waals surface area contributed by atoms with Crippen molar-refractivity contribution in [2.75, 3.05) is 0 Å². The number of benzene rings is 1. The molecule has 0 saturated heterocycles. The fraction of sp³-hybridized carbons (Fsp3) is 0.250. The van der Waals surface area contributed by atoms with Gasteiger partial charge in [-0.3, -0.25) is 0 Å². The number of nitriles is 1. The van der Waals surface area contributed by atoms with Gasteiger partial charge in [0.15, 0.2) is 0 Å². The summed E-state index contributed by atoms with van der Waals surface area (Å²) in [6, 6.07) is 9.21. The van der Waals surface area contributed by atoms with Crippen molar-refractivity contribution < 1.29 is 0 Å². The van der Waals surface area contributed by atoms with E-state index in [0.717, 1.165) is 5.56 Å². The van der Waals surface area contributed by atoms with E-state index in [-0.39, 0.29) is 5.92 Å². The Balaban J connectivity index is 2.98. The SMILES string of the molecule is [C-]#[N+]C([N+]#[C-])c1ccc(C(C)C#N)cc1. The van der Waals surface area contributed by atoms with Gasteiger partial charge in [-0.2, -0.15) is 5.26 Å². The molecule has 1 aromatic carbocycles. The first-order valence-electron chi connectivity index (χ1n) is 4.45. The Bertz CT molecular complexity index is 440. The third-order valence-corrected chi connectivity index (χ3v) is 2.17. The number of rotatable bonds is 2. The summed E-state index contributed by atoms with van der Waals surface area (Å²) in [4.78, 5) is 6.40. The first-order valence-corrected chi connectivity index (χ1v) is 4.45. The van der Waals surface area contributed by atoms with Crippen molar-refractivity contribution in [2.24, 2.45) is 0 Å². The molecule has 0 spiro atoms. The van der Waals surface area contributed by atoms with E-state index in [4.69, 9.17) is 18.4 Å². The van der Waals surface area contributed by atoms with Crippen LogP contribution in [0, 0.1) is 24.5 Å². The lowest BCUT2D eigenvalue weighted by atomic mass is 10.0. The number of hydrogen-bond donors (Lipinski definition) is 0. The molecule has 1 unspecified atom stereocenters. The minimum Gasteiger partial charge on any atom is -0.228 e. The molecule has 0 heterocycles. The van der Waals surface area contributed by atoms with Crippen LogP contribution < -0.4 is 0 Å². The first kappa shape index (κ1) is 10.8. The highest BCUT2D eigenvalue weighted by Crippen LogP contribution is 2.21. The molecule has 0 saturated carbocycles. The summed E-state index contributed by atoms with van der Waals surface area (Å²) in [7, 11) is 0. The monoisotopic (exact) mass is 195 g/mol. The van der Waals surface area contributed by atoms with Gasteiger partial charge in [-0.15, -0.1) is 0 Å². The maximum atomic E-state index is 8.71. The van der Waals surface area contributed by atoms with Crippen LogP contribution in [-0.4, -0.2) is 0 Å². The van der Waals surface area contributed by atoms with Gasteiger partial charge < -0.3 is 0 Å². The molecule has 0 aliphatic carbocycles. The predicted octanol–water partition coefficient (Wildman–Crippen LogP) is 3.15. The second-order valence-electron chi connectivity index (χ2n) is 3.15. The molecule has 0 aliphatic rings. The topological polar surface area (TPSA) is 32.5 Å². The average Bonchev–Trinajstić information content (AvgIpc) is 2.30. The van der Waals surface area contributed by atoms with Crippen LogP contribution in [0.5, 0.6) is 0 Å². The second kappa shape index (κ2) is 4.80. The molecule has 0 aliphatic heterocycles. The third-order valence-electron chi connectivity index (χ3n) is 2.17. The second-order valence-corrected chi connectivity index (χ2v) is 3.15. The van der Waals surface area contributed by atoms with Crippen molar-refractivity contribution in [3.05, 3.63) is 58.2 Å². The van der Waals surface area contributed by atoms with Crippen molar-refractivity contribution in [3.63, 3.8) is 0 Å². The Kier molecular flexibility index (Phi) is 3.44. The van der Waals surface area contributed by atoms with Crippen molar-refractivity contribution in [2.45, 2.75) is 19.0 Å². The quantitative estimate of drug-likeness (QED) is 0.667. The predicted molar refractivity (Wildman–Crippen MR) is 56.4 cm³/mol. The highest BCUT2D eigenvalue weighted by atomic mass is 14.9. The normalized spacial score (nSPS) is 11.1. The van der Waals surface area contributed by atoms with Gasteiger partial charge in [0.25, 0.3) is 0 Å². The lowest BCUT2D eigenvalue weighted by Crippen LogP contribution is -1.91. The van der Waals surface area contributed by atoms with Crippen LogP contribution >= 0.6 is 0 Å². The summed E-state index contributed by atoms with van der Waals surface area (Å²) in [6.07, 6.45) is -0.753. The van der Waals surface area contributed by atoms with E-state index < -0.39 is 6.17 Å². The van der Waals surface area contributed by atoms with Gasteiger partial charge in [-0.25, -0.2) is 22.8 Å². The fourth-order valence-corrected chi connectivity index (χ4v) is 1.21. The van der Waals surface area contributed by atoms with Crippen LogP contribution in [0.4, 0.5) is 0 Å². The smallest absolute Gasteiger partial charge is 0.228 e. The van der Waals surface area contributed by atoms with E-state index in [9.17, 15) is 0 Å². The molecular formula is C12H9N3. The maximum Gasteiger partial charge on any atom is 0.502 e. The summed E-state index contributed by atoms with van der Waals surface area (Å²) < 4.78 is 0. The largest absolute Gasteiger partial charge is 0.502 e. The zero-order valence-electron chi connectivity index (χ0n) is 8.31. The molecule has 1 atom stereocenters. The molecule has 0 fully saturated rings. The van der Waals surface area contributed by atoms with Gasteiger partial charge in [0.1, 0.15) is 5.56 Å². The van der Waals surface area contributed by atoms with Gasteiger partial charge in [0, 0.05) is 0 Å². The number of nitrogens with zero attached hydrogens (tertiary/aromatic N) is 3.